The molecule has 1 aromatic rings. The van der Waals surface area contributed by atoms with E-state index in [-0.39, 0.29) is 30.8 Å². The van der Waals surface area contributed by atoms with Crippen molar-refractivity contribution in [3.05, 3.63) is 29.8 Å². The molecule has 2 heterocycles. The van der Waals surface area contributed by atoms with Gasteiger partial charge in [0.15, 0.2) is 0 Å². The second-order valence-corrected chi connectivity index (χ2v) is 5.08. The molecule has 2 amide bonds. The zero-order valence-electron chi connectivity index (χ0n) is 11.6. The average Bonchev–Trinajstić information content (AvgIpc) is 2.42. The van der Waals surface area contributed by atoms with Crippen LogP contribution in [0.5, 0.6) is 0 Å². The van der Waals surface area contributed by atoms with E-state index in [4.69, 9.17) is 0 Å². The molecule has 1 fully saturated rings. The maximum atomic E-state index is 13.2. The second kappa shape index (κ2) is 5.98. The molecule has 0 spiro atoms. The lowest BCUT2D eigenvalue weighted by molar-refractivity contribution is -0.148. The van der Waals surface area contributed by atoms with E-state index in [2.05, 4.69) is 10.3 Å². The molecule has 0 saturated carbocycles. The molecule has 5 nitrogen and oxygen atoms in total. The quantitative estimate of drug-likeness (QED) is 0.897. The molecule has 108 valence electrons. The highest BCUT2D eigenvalue weighted by Gasteiger charge is 2.37. The Hall–Kier alpha value is -1.98. The van der Waals surface area contributed by atoms with Crippen LogP contribution in [0.25, 0.3) is 0 Å². The first kappa shape index (κ1) is 14.4. The highest BCUT2D eigenvalue weighted by atomic mass is 19.1. The molecule has 2 atom stereocenters. The summed E-state index contributed by atoms with van der Waals surface area (Å²) in [5.74, 6) is -0.709. The van der Waals surface area contributed by atoms with Gasteiger partial charge in [-0.25, -0.2) is 4.39 Å². The minimum Gasteiger partial charge on any atom is -0.345 e. The highest BCUT2D eigenvalue weighted by molar-refractivity contribution is 5.94. The molecule has 0 aliphatic carbocycles. The third-order valence-electron chi connectivity index (χ3n) is 3.64. The molecule has 0 radical (unpaired) electrons. The van der Waals surface area contributed by atoms with Gasteiger partial charge in [0.25, 0.3) is 0 Å². The molecule has 0 bridgehead atoms. The molecule has 1 N–H and O–H groups in total. The minimum absolute atomic E-state index is 0.00544. The zero-order chi connectivity index (χ0) is 14.7. The number of aromatic nitrogens is 1. The van der Waals surface area contributed by atoms with Crippen molar-refractivity contribution in [2.45, 2.75) is 32.9 Å². The lowest BCUT2D eigenvalue weighted by Gasteiger charge is -2.38. The normalized spacial score (nSPS) is 20.8. The number of hydrogen-bond acceptors (Lipinski definition) is 3. The summed E-state index contributed by atoms with van der Waals surface area (Å²) in [6.07, 6.45) is 3.40. The molecule has 1 saturated heterocycles. The summed E-state index contributed by atoms with van der Waals surface area (Å²) in [4.78, 5) is 29.4. The Bertz CT molecular complexity index is 521. The molecule has 2 unspecified atom stereocenters. The third kappa shape index (κ3) is 2.95. The van der Waals surface area contributed by atoms with Crippen molar-refractivity contribution in [3.63, 3.8) is 0 Å². The Morgan fingerprint density at radius 3 is 2.90 bits per heavy atom. The third-order valence-corrected chi connectivity index (χ3v) is 3.64. The molecular formula is C14H18FN3O2. The number of halogens is 1. The van der Waals surface area contributed by atoms with Gasteiger partial charge in [-0.3, -0.25) is 14.6 Å². The van der Waals surface area contributed by atoms with Gasteiger partial charge in [-0.05, 0) is 17.5 Å². The van der Waals surface area contributed by atoms with Gasteiger partial charge in [0, 0.05) is 12.7 Å². The fourth-order valence-electron chi connectivity index (χ4n) is 2.38. The molecule has 1 aliphatic rings. The van der Waals surface area contributed by atoms with Crippen LogP contribution in [-0.4, -0.2) is 34.3 Å². The van der Waals surface area contributed by atoms with Crippen LogP contribution in [0.4, 0.5) is 4.39 Å². The summed E-state index contributed by atoms with van der Waals surface area (Å²) in [5, 5.41) is 2.60. The van der Waals surface area contributed by atoms with Crippen molar-refractivity contribution < 1.29 is 14.0 Å². The first-order chi connectivity index (χ1) is 9.52. The van der Waals surface area contributed by atoms with Gasteiger partial charge in [-0.15, -0.1) is 0 Å². The molecule has 6 heteroatoms. The van der Waals surface area contributed by atoms with E-state index in [0.29, 0.717) is 5.56 Å². The SMILES string of the molecule is CCC(C)C1C(=O)NCC(=O)N1Cc1cncc(F)c1. The second-order valence-electron chi connectivity index (χ2n) is 5.08. The lowest BCUT2D eigenvalue weighted by atomic mass is 9.94. The first-order valence-electron chi connectivity index (χ1n) is 6.69. The number of piperazine rings is 1. The van der Waals surface area contributed by atoms with Crippen molar-refractivity contribution in [2.24, 2.45) is 5.92 Å². The summed E-state index contributed by atoms with van der Waals surface area (Å²) < 4.78 is 13.2. The Kier molecular flexibility index (Phi) is 4.32. The topological polar surface area (TPSA) is 62.3 Å². The van der Waals surface area contributed by atoms with Crippen LogP contribution in [0.3, 0.4) is 0 Å². The number of hydrogen-bond donors (Lipinski definition) is 1. The summed E-state index contributed by atoms with van der Waals surface area (Å²) >= 11 is 0. The van der Waals surface area contributed by atoms with Crippen molar-refractivity contribution in [1.29, 1.82) is 0 Å². The molecule has 2 rings (SSSR count). The number of carbonyl (C=O) groups is 2. The van der Waals surface area contributed by atoms with Crippen LogP contribution in [0.1, 0.15) is 25.8 Å². The van der Waals surface area contributed by atoms with Crippen molar-refractivity contribution >= 4 is 11.8 Å². The van der Waals surface area contributed by atoms with Gasteiger partial charge < -0.3 is 10.2 Å². The van der Waals surface area contributed by atoms with Crippen molar-refractivity contribution in [1.82, 2.24) is 15.2 Å². The number of amides is 2. The molecule has 1 aromatic heterocycles. The van der Waals surface area contributed by atoms with E-state index in [0.717, 1.165) is 12.6 Å². The first-order valence-corrected chi connectivity index (χ1v) is 6.69. The Morgan fingerprint density at radius 2 is 2.25 bits per heavy atom. The Morgan fingerprint density at radius 1 is 1.50 bits per heavy atom. The van der Waals surface area contributed by atoms with Crippen LogP contribution in [-0.2, 0) is 16.1 Å². The Labute approximate surface area is 117 Å². The Balaban J connectivity index is 2.24. The monoisotopic (exact) mass is 279 g/mol. The van der Waals surface area contributed by atoms with Crippen LogP contribution in [0, 0.1) is 11.7 Å². The maximum absolute atomic E-state index is 13.2. The molecule has 0 aromatic carbocycles. The summed E-state index contributed by atoms with van der Waals surface area (Å²) in [7, 11) is 0. The van der Waals surface area contributed by atoms with Crippen LogP contribution >= 0.6 is 0 Å². The van der Waals surface area contributed by atoms with Crippen molar-refractivity contribution in [3.8, 4) is 0 Å². The summed E-state index contributed by atoms with van der Waals surface area (Å²) in [5.41, 5.74) is 0.585. The predicted octanol–water partition coefficient (Wildman–Crippen LogP) is 1.09. The number of nitrogens with one attached hydrogen (secondary N) is 1. The summed E-state index contributed by atoms with van der Waals surface area (Å²) in [6, 6.07) is 0.824. The fraction of sp³-hybridized carbons (Fsp3) is 0.500. The number of carbonyl (C=O) groups excluding carboxylic acids is 2. The van der Waals surface area contributed by atoms with Crippen LogP contribution in [0.2, 0.25) is 0 Å². The lowest BCUT2D eigenvalue weighted by Crippen LogP contribution is -2.60. The van der Waals surface area contributed by atoms with Crippen LogP contribution < -0.4 is 5.32 Å². The predicted molar refractivity (Wildman–Crippen MR) is 71.0 cm³/mol. The standard InChI is InChI=1S/C14H18FN3O2/c1-3-9(2)13-14(20)17-7-12(19)18(13)8-10-4-11(15)6-16-5-10/h4-6,9,13H,3,7-8H2,1-2H3,(H,17,20). The number of nitrogens with zero attached hydrogens (tertiary/aromatic N) is 2. The van der Waals surface area contributed by atoms with Gasteiger partial charge in [0.1, 0.15) is 11.9 Å². The largest absolute Gasteiger partial charge is 0.345 e. The molecule has 1 aliphatic heterocycles. The van der Waals surface area contributed by atoms with E-state index >= 15 is 0 Å². The number of pyridine rings is 1. The summed E-state index contributed by atoms with van der Waals surface area (Å²) in [6.45, 7) is 4.10. The minimum atomic E-state index is -0.510. The van der Waals surface area contributed by atoms with Gasteiger partial charge >= 0.3 is 0 Å². The molecular weight excluding hydrogens is 261 g/mol. The van der Waals surface area contributed by atoms with E-state index in [1.165, 1.54) is 17.2 Å². The van der Waals surface area contributed by atoms with Gasteiger partial charge in [0.05, 0.1) is 12.7 Å². The van der Waals surface area contributed by atoms with E-state index < -0.39 is 11.9 Å². The maximum Gasteiger partial charge on any atom is 0.243 e. The van der Waals surface area contributed by atoms with Crippen molar-refractivity contribution in [2.75, 3.05) is 6.54 Å². The average molecular weight is 279 g/mol. The zero-order valence-corrected chi connectivity index (χ0v) is 11.6. The van der Waals surface area contributed by atoms with E-state index in [9.17, 15) is 14.0 Å². The highest BCUT2D eigenvalue weighted by Crippen LogP contribution is 2.20. The van der Waals surface area contributed by atoms with Crippen LogP contribution in [0.15, 0.2) is 18.5 Å². The van der Waals surface area contributed by atoms with Gasteiger partial charge in [0.2, 0.25) is 11.8 Å². The number of rotatable bonds is 4. The molecule has 20 heavy (non-hydrogen) atoms. The van der Waals surface area contributed by atoms with Gasteiger partial charge in [-0.1, -0.05) is 20.3 Å². The van der Waals surface area contributed by atoms with E-state index in [1.54, 1.807) is 0 Å². The fourth-order valence-corrected chi connectivity index (χ4v) is 2.38. The van der Waals surface area contributed by atoms with Gasteiger partial charge in [-0.2, -0.15) is 0 Å². The van der Waals surface area contributed by atoms with E-state index in [1.807, 2.05) is 13.8 Å². The smallest absolute Gasteiger partial charge is 0.243 e.